The van der Waals surface area contributed by atoms with Gasteiger partial charge in [0, 0.05) is 19.4 Å². The molecule has 3 rings (SSSR count). The van der Waals surface area contributed by atoms with Gasteiger partial charge >= 0.3 is 0 Å². The molecule has 0 unspecified atom stereocenters. The number of nitrogens with zero attached hydrogens (tertiary/aromatic N) is 3. The van der Waals surface area contributed by atoms with Gasteiger partial charge in [0.25, 0.3) is 5.91 Å². The van der Waals surface area contributed by atoms with Crippen molar-refractivity contribution in [3.05, 3.63) is 41.3 Å². The molecule has 7 nitrogen and oxygen atoms in total. The fourth-order valence-corrected chi connectivity index (χ4v) is 2.92. The van der Waals surface area contributed by atoms with Crippen LogP contribution in [0.2, 0.25) is 0 Å². The number of carbonyl (C=O) groups excluding carboxylic acids is 1. The van der Waals surface area contributed by atoms with E-state index in [1.54, 1.807) is 25.3 Å². The van der Waals surface area contributed by atoms with E-state index in [1.807, 2.05) is 4.68 Å². The average Bonchev–Trinajstić information content (AvgIpc) is 3.04. The van der Waals surface area contributed by atoms with E-state index >= 15 is 0 Å². The maximum absolute atomic E-state index is 12.5. The maximum Gasteiger partial charge on any atom is 0.270 e. The second-order valence-electron chi connectivity index (χ2n) is 5.78. The first-order chi connectivity index (χ1) is 11.7. The fraction of sp³-hybridized carbons (Fsp3) is 0.471. The van der Waals surface area contributed by atoms with Gasteiger partial charge in [-0.2, -0.15) is 5.10 Å². The van der Waals surface area contributed by atoms with E-state index in [0.717, 1.165) is 25.0 Å². The molecule has 24 heavy (non-hydrogen) atoms. The summed E-state index contributed by atoms with van der Waals surface area (Å²) in [6.07, 6.45) is 4.95. The molecule has 7 heteroatoms. The predicted molar refractivity (Wildman–Crippen MR) is 88.0 cm³/mol. The van der Waals surface area contributed by atoms with E-state index in [0.29, 0.717) is 24.7 Å². The van der Waals surface area contributed by atoms with E-state index in [4.69, 9.17) is 9.47 Å². The molecule has 0 aliphatic heterocycles. The summed E-state index contributed by atoms with van der Waals surface area (Å²) < 4.78 is 12.1. The van der Waals surface area contributed by atoms with Crippen LogP contribution in [0.15, 0.2) is 24.4 Å². The van der Waals surface area contributed by atoms with Crippen LogP contribution >= 0.6 is 0 Å². The highest BCUT2D eigenvalue weighted by atomic mass is 16.5. The van der Waals surface area contributed by atoms with Gasteiger partial charge in [0.1, 0.15) is 5.69 Å². The summed E-state index contributed by atoms with van der Waals surface area (Å²) in [5.41, 5.74) is 2.50. The number of fused-ring (bicyclic) bond motifs is 1. The minimum Gasteiger partial charge on any atom is -0.481 e. The first-order valence-corrected chi connectivity index (χ1v) is 8.08. The van der Waals surface area contributed by atoms with Gasteiger partial charge in [-0.1, -0.05) is 6.07 Å². The van der Waals surface area contributed by atoms with Gasteiger partial charge in [0.2, 0.25) is 5.88 Å². The number of hydrogen-bond donors (Lipinski definition) is 1. The van der Waals surface area contributed by atoms with Crippen LogP contribution < -0.4 is 10.1 Å². The second kappa shape index (κ2) is 7.44. The number of amides is 1. The number of ether oxygens (including phenoxy) is 2. The molecule has 0 spiro atoms. The summed E-state index contributed by atoms with van der Waals surface area (Å²) in [5.74, 6) is 0.217. The average molecular weight is 330 g/mol. The van der Waals surface area contributed by atoms with Gasteiger partial charge in [0.15, 0.2) is 0 Å². The number of pyridine rings is 1. The monoisotopic (exact) mass is 330 g/mol. The Morgan fingerprint density at radius 1 is 1.42 bits per heavy atom. The molecule has 1 amide bonds. The van der Waals surface area contributed by atoms with Crippen LogP contribution in [0.1, 0.15) is 40.6 Å². The van der Waals surface area contributed by atoms with E-state index < -0.39 is 0 Å². The van der Waals surface area contributed by atoms with E-state index in [-0.39, 0.29) is 11.9 Å². The Kier molecular flexibility index (Phi) is 5.10. The lowest BCUT2D eigenvalue weighted by atomic mass is 9.93. The van der Waals surface area contributed by atoms with Crippen LogP contribution in [-0.4, -0.2) is 41.5 Å². The topological polar surface area (TPSA) is 78.3 Å². The van der Waals surface area contributed by atoms with Gasteiger partial charge in [-0.05, 0) is 30.9 Å². The molecule has 0 aromatic carbocycles. The van der Waals surface area contributed by atoms with Crippen LogP contribution in [0.25, 0.3) is 0 Å². The number of aromatic nitrogens is 3. The van der Waals surface area contributed by atoms with Crippen LogP contribution in [0, 0.1) is 0 Å². The lowest BCUT2D eigenvalue weighted by Crippen LogP contribution is -2.31. The second-order valence-corrected chi connectivity index (χ2v) is 5.78. The number of nitrogens with one attached hydrogen (secondary N) is 1. The Balaban J connectivity index is 1.74. The van der Waals surface area contributed by atoms with Crippen molar-refractivity contribution < 1.29 is 14.3 Å². The minimum absolute atomic E-state index is 0.0851. The summed E-state index contributed by atoms with van der Waals surface area (Å²) >= 11 is 0. The zero-order chi connectivity index (χ0) is 16.9. The third kappa shape index (κ3) is 3.56. The lowest BCUT2D eigenvalue weighted by molar-refractivity contribution is 0.0925. The number of aryl methyl sites for hydroxylation is 1. The molecule has 0 radical (unpaired) electrons. The number of rotatable bonds is 6. The SMILES string of the molecule is COCCn1cc2c(n1)[C@H](NC(=O)c1cccc(OC)n1)CCC2. The Morgan fingerprint density at radius 2 is 2.29 bits per heavy atom. The summed E-state index contributed by atoms with van der Waals surface area (Å²) in [4.78, 5) is 16.7. The largest absolute Gasteiger partial charge is 0.481 e. The zero-order valence-corrected chi connectivity index (χ0v) is 14.0. The fourth-order valence-electron chi connectivity index (χ4n) is 2.92. The molecule has 0 fully saturated rings. The molecular weight excluding hydrogens is 308 g/mol. The van der Waals surface area contributed by atoms with E-state index in [9.17, 15) is 4.79 Å². The minimum atomic E-state index is -0.210. The van der Waals surface area contributed by atoms with Gasteiger partial charge < -0.3 is 14.8 Å². The van der Waals surface area contributed by atoms with Crippen molar-refractivity contribution in [3.63, 3.8) is 0 Å². The third-order valence-corrected chi connectivity index (χ3v) is 4.13. The van der Waals surface area contributed by atoms with Crippen LogP contribution in [0.3, 0.4) is 0 Å². The number of carbonyl (C=O) groups is 1. The summed E-state index contributed by atoms with van der Waals surface area (Å²) in [6.45, 7) is 1.33. The molecule has 1 aliphatic rings. The van der Waals surface area contributed by atoms with Gasteiger partial charge in [-0.3, -0.25) is 9.48 Å². The number of hydrogen-bond acceptors (Lipinski definition) is 5. The molecular formula is C17H22N4O3. The molecule has 128 valence electrons. The van der Waals surface area contributed by atoms with Crippen molar-refractivity contribution >= 4 is 5.91 Å². The Hall–Kier alpha value is -2.41. The van der Waals surface area contributed by atoms with Crippen molar-refractivity contribution in [2.75, 3.05) is 20.8 Å². The predicted octanol–water partition coefficient (Wildman–Crippen LogP) is 1.74. The molecule has 2 heterocycles. The van der Waals surface area contributed by atoms with Crippen molar-refractivity contribution in [3.8, 4) is 5.88 Å². The Morgan fingerprint density at radius 3 is 3.08 bits per heavy atom. The standard InChI is InChI=1S/C17H22N4O3/c1-23-10-9-21-11-12-5-3-6-13(16(12)20-21)19-17(22)14-7-4-8-15(18-14)24-2/h4,7-8,11,13H,3,5-6,9-10H2,1-2H3,(H,19,22)/t13-/m1/s1. The number of methoxy groups -OCH3 is 2. The van der Waals surface area contributed by atoms with Crippen LogP contribution in [-0.2, 0) is 17.7 Å². The molecule has 0 bridgehead atoms. The Labute approximate surface area is 141 Å². The van der Waals surface area contributed by atoms with Crippen molar-refractivity contribution in [1.82, 2.24) is 20.1 Å². The molecule has 0 saturated carbocycles. The van der Waals surface area contributed by atoms with E-state index in [2.05, 4.69) is 21.6 Å². The van der Waals surface area contributed by atoms with Crippen LogP contribution in [0.4, 0.5) is 0 Å². The first-order valence-electron chi connectivity index (χ1n) is 8.08. The lowest BCUT2D eigenvalue weighted by Gasteiger charge is -2.22. The van der Waals surface area contributed by atoms with Crippen LogP contribution in [0.5, 0.6) is 5.88 Å². The zero-order valence-electron chi connectivity index (χ0n) is 14.0. The highest BCUT2D eigenvalue weighted by Crippen LogP contribution is 2.28. The molecule has 2 aromatic heterocycles. The van der Waals surface area contributed by atoms with Crippen molar-refractivity contribution in [2.45, 2.75) is 31.8 Å². The maximum atomic E-state index is 12.5. The van der Waals surface area contributed by atoms with Crippen molar-refractivity contribution in [1.29, 1.82) is 0 Å². The molecule has 1 aliphatic carbocycles. The van der Waals surface area contributed by atoms with E-state index in [1.165, 1.54) is 12.7 Å². The molecule has 1 atom stereocenters. The van der Waals surface area contributed by atoms with Gasteiger partial charge in [-0.25, -0.2) is 4.98 Å². The van der Waals surface area contributed by atoms with Crippen molar-refractivity contribution in [2.24, 2.45) is 0 Å². The normalized spacial score (nSPS) is 16.5. The highest BCUT2D eigenvalue weighted by molar-refractivity contribution is 5.92. The molecule has 1 N–H and O–H groups in total. The summed E-state index contributed by atoms with van der Waals surface area (Å²) in [7, 11) is 3.21. The Bertz CT molecular complexity index is 714. The first kappa shape index (κ1) is 16.4. The molecule has 2 aromatic rings. The third-order valence-electron chi connectivity index (χ3n) is 4.13. The quantitative estimate of drug-likeness (QED) is 0.873. The summed E-state index contributed by atoms with van der Waals surface area (Å²) in [6, 6.07) is 5.07. The van der Waals surface area contributed by atoms with Gasteiger partial charge in [0.05, 0.1) is 32.0 Å². The smallest absolute Gasteiger partial charge is 0.270 e. The molecule has 0 saturated heterocycles. The summed E-state index contributed by atoms with van der Waals surface area (Å²) in [5, 5.41) is 7.68. The highest BCUT2D eigenvalue weighted by Gasteiger charge is 2.26. The van der Waals surface area contributed by atoms with Gasteiger partial charge in [-0.15, -0.1) is 0 Å².